The normalized spacial score (nSPS) is 12.4. The average molecular weight is 397 g/mol. The molecule has 4 rings (SSSR count). The lowest BCUT2D eigenvalue weighted by Gasteiger charge is -2.08. The van der Waals surface area contributed by atoms with Crippen molar-refractivity contribution in [3.63, 3.8) is 0 Å². The van der Waals surface area contributed by atoms with E-state index in [9.17, 15) is 4.79 Å². The highest BCUT2D eigenvalue weighted by atomic mass is 32.2. The zero-order chi connectivity index (χ0) is 19.5. The second-order valence-corrected chi connectivity index (χ2v) is 7.57. The fourth-order valence-electron chi connectivity index (χ4n) is 2.52. The Morgan fingerprint density at radius 1 is 1.11 bits per heavy atom. The van der Waals surface area contributed by atoms with Crippen molar-refractivity contribution in [3.8, 4) is 23.0 Å². The van der Waals surface area contributed by atoms with E-state index in [1.54, 1.807) is 11.8 Å². The molecule has 28 heavy (non-hydrogen) atoms. The number of benzene rings is 2. The Morgan fingerprint density at radius 3 is 2.68 bits per heavy atom. The van der Waals surface area contributed by atoms with Crippen LogP contribution in [-0.2, 0) is 10.5 Å². The van der Waals surface area contributed by atoms with Gasteiger partial charge < -0.3 is 19.2 Å². The lowest BCUT2D eigenvalue weighted by Crippen LogP contribution is -2.17. The van der Waals surface area contributed by atoms with Gasteiger partial charge in [-0.2, -0.15) is 0 Å². The third-order valence-corrected chi connectivity index (χ3v) is 5.09. The Balaban J connectivity index is 1.36. The van der Waals surface area contributed by atoms with Gasteiger partial charge in [0.15, 0.2) is 11.5 Å². The van der Waals surface area contributed by atoms with Crippen molar-refractivity contribution in [2.24, 2.45) is 5.92 Å². The maximum Gasteiger partial charge on any atom is 0.247 e. The average Bonchev–Trinajstić information content (AvgIpc) is 3.36. The number of nitrogens with zero attached hydrogens (tertiary/aromatic N) is 2. The molecule has 0 aliphatic carbocycles. The molecule has 0 fully saturated rings. The summed E-state index contributed by atoms with van der Waals surface area (Å²) >= 11 is 1.58. The molecule has 1 N–H and O–H groups in total. The van der Waals surface area contributed by atoms with Gasteiger partial charge in [-0.25, -0.2) is 0 Å². The Hall–Kier alpha value is -3.00. The highest BCUT2D eigenvalue weighted by Gasteiger charge is 2.16. The van der Waals surface area contributed by atoms with Gasteiger partial charge in [-0.05, 0) is 42.5 Å². The van der Waals surface area contributed by atoms with Crippen LogP contribution in [-0.4, -0.2) is 22.9 Å². The Kier molecular flexibility index (Phi) is 5.21. The van der Waals surface area contributed by atoms with Gasteiger partial charge in [0.1, 0.15) is 0 Å². The Morgan fingerprint density at radius 2 is 1.89 bits per heavy atom. The van der Waals surface area contributed by atoms with Crippen LogP contribution in [0.2, 0.25) is 0 Å². The van der Waals surface area contributed by atoms with Gasteiger partial charge in [-0.15, -0.1) is 22.0 Å². The largest absolute Gasteiger partial charge is 0.454 e. The van der Waals surface area contributed by atoms with Crippen LogP contribution in [0.15, 0.2) is 51.8 Å². The fraction of sp³-hybridized carbons (Fsp3) is 0.250. The minimum absolute atomic E-state index is 0.00214. The van der Waals surface area contributed by atoms with Crippen molar-refractivity contribution in [2.45, 2.75) is 24.5 Å². The molecule has 0 radical (unpaired) electrons. The predicted octanol–water partition coefficient (Wildman–Crippen LogP) is 4.35. The molecule has 0 saturated carbocycles. The topological polar surface area (TPSA) is 86.5 Å². The van der Waals surface area contributed by atoms with Crippen molar-refractivity contribution in [3.05, 3.63) is 48.4 Å². The molecule has 144 valence electrons. The molecule has 0 unspecified atom stereocenters. The van der Waals surface area contributed by atoms with Crippen LogP contribution in [0.3, 0.4) is 0 Å². The molecule has 1 aliphatic heterocycles. The van der Waals surface area contributed by atoms with E-state index in [-0.39, 0.29) is 18.6 Å². The summed E-state index contributed by atoms with van der Waals surface area (Å²) in [6.07, 6.45) is 0. The van der Waals surface area contributed by atoms with Gasteiger partial charge in [-0.1, -0.05) is 13.8 Å². The van der Waals surface area contributed by atoms with Crippen LogP contribution in [0.1, 0.15) is 19.7 Å². The molecule has 2 aromatic carbocycles. The molecule has 0 spiro atoms. The lowest BCUT2D eigenvalue weighted by atomic mass is 10.2. The Bertz CT molecular complexity index is 985. The molecule has 0 saturated heterocycles. The number of amides is 1. The second-order valence-electron chi connectivity index (χ2n) is 6.53. The first-order valence-corrected chi connectivity index (χ1v) is 9.83. The summed E-state index contributed by atoms with van der Waals surface area (Å²) in [6.45, 7) is 3.95. The SMILES string of the molecule is CC(C)C(=O)Nc1ccc(SCc2nnc(-c3ccc4c(c3)OCO4)o2)cc1. The van der Waals surface area contributed by atoms with E-state index in [1.807, 2.05) is 56.3 Å². The number of nitrogens with one attached hydrogen (secondary N) is 1. The third-order valence-electron chi connectivity index (χ3n) is 4.09. The zero-order valence-corrected chi connectivity index (χ0v) is 16.3. The number of anilines is 1. The molecule has 3 aromatic rings. The number of thioether (sulfide) groups is 1. The molecule has 1 aromatic heterocycles. The fourth-order valence-corrected chi connectivity index (χ4v) is 3.26. The number of carbonyl (C=O) groups is 1. The van der Waals surface area contributed by atoms with Gasteiger partial charge in [0.25, 0.3) is 0 Å². The quantitative estimate of drug-likeness (QED) is 0.619. The minimum Gasteiger partial charge on any atom is -0.454 e. The lowest BCUT2D eigenvalue weighted by molar-refractivity contribution is -0.118. The van der Waals surface area contributed by atoms with Gasteiger partial charge in [0, 0.05) is 22.1 Å². The number of ether oxygens (including phenoxy) is 2. The van der Waals surface area contributed by atoms with E-state index < -0.39 is 0 Å². The van der Waals surface area contributed by atoms with Gasteiger partial charge in [0.2, 0.25) is 24.5 Å². The summed E-state index contributed by atoms with van der Waals surface area (Å²) in [6, 6.07) is 13.2. The minimum atomic E-state index is -0.0504. The molecule has 0 bridgehead atoms. The van der Waals surface area contributed by atoms with E-state index >= 15 is 0 Å². The first-order chi connectivity index (χ1) is 13.6. The van der Waals surface area contributed by atoms with Crippen LogP contribution in [0, 0.1) is 5.92 Å². The molecule has 1 aliphatic rings. The number of hydrogen-bond donors (Lipinski definition) is 1. The van der Waals surface area contributed by atoms with Crippen molar-refractivity contribution in [1.82, 2.24) is 10.2 Å². The van der Waals surface area contributed by atoms with Gasteiger partial charge >= 0.3 is 0 Å². The first kappa shape index (κ1) is 18.4. The first-order valence-electron chi connectivity index (χ1n) is 8.84. The van der Waals surface area contributed by atoms with E-state index in [0.29, 0.717) is 29.0 Å². The molecule has 0 atom stereocenters. The Labute approximate surface area is 166 Å². The molecule has 2 heterocycles. The summed E-state index contributed by atoms with van der Waals surface area (Å²) < 4.78 is 16.4. The third kappa shape index (κ3) is 4.12. The van der Waals surface area contributed by atoms with Crippen LogP contribution in [0.4, 0.5) is 5.69 Å². The van der Waals surface area contributed by atoms with Crippen molar-refractivity contribution >= 4 is 23.4 Å². The number of hydrogen-bond acceptors (Lipinski definition) is 7. The second kappa shape index (κ2) is 7.93. The summed E-state index contributed by atoms with van der Waals surface area (Å²) in [4.78, 5) is 12.8. The van der Waals surface area contributed by atoms with E-state index in [2.05, 4.69) is 15.5 Å². The summed E-state index contributed by atoms with van der Waals surface area (Å²) in [5.74, 6) is 2.88. The maximum absolute atomic E-state index is 11.7. The van der Waals surface area contributed by atoms with Crippen molar-refractivity contribution in [1.29, 1.82) is 0 Å². The van der Waals surface area contributed by atoms with Crippen molar-refractivity contribution in [2.75, 3.05) is 12.1 Å². The van der Waals surface area contributed by atoms with Crippen LogP contribution >= 0.6 is 11.8 Å². The summed E-state index contributed by atoms with van der Waals surface area (Å²) in [7, 11) is 0. The van der Waals surface area contributed by atoms with E-state index in [1.165, 1.54) is 0 Å². The monoisotopic (exact) mass is 397 g/mol. The van der Waals surface area contributed by atoms with Gasteiger partial charge in [-0.3, -0.25) is 4.79 Å². The molecular weight excluding hydrogens is 378 g/mol. The number of fused-ring (bicyclic) bond motifs is 1. The molecule has 7 nitrogen and oxygen atoms in total. The number of carbonyl (C=O) groups excluding carboxylic acids is 1. The van der Waals surface area contributed by atoms with Crippen LogP contribution in [0.25, 0.3) is 11.5 Å². The van der Waals surface area contributed by atoms with E-state index in [0.717, 1.165) is 16.1 Å². The highest BCUT2D eigenvalue weighted by molar-refractivity contribution is 7.98. The predicted molar refractivity (Wildman–Crippen MR) is 105 cm³/mol. The summed E-state index contributed by atoms with van der Waals surface area (Å²) in [5, 5.41) is 11.1. The smallest absolute Gasteiger partial charge is 0.247 e. The van der Waals surface area contributed by atoms with E-state index in [4.69, 9.17) is 13.9 Å². The molecular formula is C20H19N3O4S. The molecule has 8 heteroatoms. The maximum atomic E-state index is 11.7. The van der Waals surface area contributed by atoms with Gasteiger partial charge in [0.05, 0.1) is 5.75 Å². The molecule has 1 amide bonds. The number of rotatable bonds is 6. The van der Waals surface area contributed by atoms with Crippen molar-refractivity contribution < 1.29 is 18.7 Å². The standard InChI is InChI=1S/C20H19N3O4S/c1-12(2)19(24)21-14-4-6-15(7-5-14)28-10-18-22-23-20(27-18)13-3-8-16-17(9-13)26-11-25-16/h3-9,12H,10-11H2,1-2H3,(H,21,24). The zero-order valence-electron chi connectivity index (χ0n) is 15.5. The highest BCUT2D eigenvalue weighted by Crippen LogP contribution is 2.35. The van der Waals surface area contributed by atoms with Crippen LogP contribution in [0.5, 0.6) is 11.5 Å². The number of aromatic nitrogens is 2. The van der Waals surface area contributed by atoms with Crippen LogP contribution < -0.4 is 14.8 Å². The summed E-state index contributed by atoms with van der Waals surface area (Å²) in [5.41, 5.74) is 1.57.